The van der Waals surface area contributed by atoms with Crippen LogP contribution in [0.1, 0.15) is 26.7 Å². The summed E-state index contributed by atoms with van der Waals surface area (Å²) in [4.78, 5) is 32.4. The van der Waals surface area contributed by atoms with Crippen LogP contribution in [0.15, 0.2) is 12.2 Å². The van der Waals surface area contributed by atoms with Gasteiger partial charge in [-0.05, 0) is 13.8 Å². The summed E-state index contributed by atoms with van der Waals surface area (Å²) in [6.45, 7) is 6.54. The average molecular weight is 228 g/mol. The summed E-state index contributed by atoms with van der Waals surface area (Å²) < 4.78 is 9.40. The van der Waals surface area contributed by atoms with Crippen molar-refractivity contribution in [1.29, 1.82) is 0 Å². The Morgan fingerprint density at radius 3 is 1.75 bits per heavy atom. The highest BCUT2D eigenvalue weighted by atomic mass is 16.6. The van der Waals surface area contributed by atoms with Gasteiger partial charge in [-0.3, -0.25) is 14.4 Å². The zero-order chi connectivity index (χ0) is 12.6. The van der Waals surface area contributed by atoms with Gasteiger partial charge in [0.1, 0.15) is 25.4 Å². The predicted molar refractivity (Wildman–Crippen MR) is 56.6 cm³/mol. The van der Waals surface area contributed by atoms with Crippen LogP contribution in [0.2, 0.25) is 0 Å². The van der Waals surface area contributed by atoms with Crippen molar-refractivity contribution < 1.29 is 23.9 Å². The van der Waals surface area contributed by atoms with Gasteiger partial charge in [0.05, 0.1) is 6.42 Å². The molecule has 0 aromatic rings. The second-order valence-electron chi connectivity index (χ2n) is 3.45. The SMILES string of the molecule is C=C(C)CC(=O)OCCOC(=O)CC(C)=O. The Bertz CT molecular complexity index is 263. The fraction of sp³-hybridized carbons (Fsp3) is 0.545. The van der Waals surface area contributed by atoms with E-state index in [-0.39, 0.29) is 31.8 Å². The number of esters is 2. The molecule has 0 rings (SSSR count). The predicted octanol–water partition coefficient (Wildman–Crippen LogP) is 1.02. The molecule has 0 spiro atoms. The van der Waals surface area contributed by atoms with Crippen molar-refractivity contribution in [2.45, 2.75) is 26.7 Å². The van der Waals surface area contributed by atoms with Gasteiger partial charge in [-0.25, -0.2) is 0 Å². The van der Waals surface area contributed by atoms with Gasteiger partial charge in [0.2, 0.25) is 0 Å². The Hall–Kier alpha value is -1.65. The molecule has 0 unspecified atom stereocenters. The first kappa shape index (κ1) is 14.3. The van der Waals surface area contributed by atoms with E-state index < -0.39 is 11.9 Å². The van der Waals surface area contributed by atoms with Crippen LogP contribution in [0.25, 0.3) is 0 Å². The minimum Gasteiger partial charge on any atom is -0.462 e. The molecule has 0 aliphatic carbocycles. The first-order valence-electron chi connectivity index (χ1n) is 4.87. The number of ether oxygens (including phenoxy) is 2. The highest BCUT2D eigenvalue weighted by Gasteiger charge is 2.07. The normalized spacial score (nSPS) is 9.38. The molecular weight excluding hydrogens is 212 g/mol. The number of rotatable bonds is 7. The molecule has 0 amide bonds. The molecule has 0 aromatic heterocycles. The lowest BCUT2D eigenvalue weighted by Crippen LogP contribution is -2.15. The van der Waals surface area contributed by atoms with E-state index in [1.54, 1.807) is 6.92 Å². The zero-order valence-corrected chi connectivity index (χ0v) is 9.58. The summed E-state index contributed by atoms with van der Waals surface area (Å²) in [6.07, 6.45) is -0.0961. The van der Waals surface area contributed by atoms with E-state index in [0.29, 0.717) is 5.57 Å². The number of hydrogen-bond donors (Lipinski definition) is 0. The average Bonchev–Trinajstić information content (AvgIpc) is 2.10. The first-order valence-corrected chi connectivity index (χ1v) is 4.87. The third-order valence-electron chi connectivity index (χ3n) is 1.45. The monoisotopic (exact) mass is 228 g/mol. The highest BCUT2D eigenvalue weighted by molar-refractivity contribution is 5.94. The van der Waals surface area contributed by atoms with Crippen molar-refractivity contribution >= 4 is 17.7 Å². The number of carbonyl (C=O) groups excluding carboxylic acids is 3. The summed E-state index contributed by atoms with van der Waals surface area (Å²) in [7, 11) is 0. The van der Waals surface area contributed by atoms with Gasteiger partial charge in [-0.15, -0.1) is 0 Å². The fourth-order valence-corrected chi connectivity index (χ4v) is 0.863. The maximum atomic E-state index is 11.0. The highest BCUT2D eigenvalue weighted by Crippen LogP contribution is 1.97. The van der Waals surface area contributed by atoms with Crippen LogP contribution in [-0.4, -0.2) is 30.9 Å². The summed E-state index contributed by atoms with van der Waals surface area (Å²) in [5.41, 5.74) is 0.707. The standard InChI is InChI=1S/C11H16O5/c1-8(2)6-10(13)15-4-5-16-11(14)7-9(3)12/h1,4-7H2,2-3H3. The van der Waals surface area contributed by atoms with Gasteiger partial charge >= 0.3 is 11.9 Å². The van der Waals surface area contributed by atoms with E-state index in [9.17, 15) is 14.4 Å². The molecule has 5 heteroatoms. The molecule has 0 radical (unpaired) electrons. The molecular formula is C11H16O5. The molecule has 0 atom stereocenters. The van der Waals surface area contributed by atoms with E-state index in [2.05, 4.69) is 11.3 Å². The van der Waals surface area contributed by atoms with Crippen LogP contribution < -0.4 is 0 Å². The number of Topliss-reactive ketones (excluding diaryl/α,β-unsaturated/α-hetero) is 1. The summed E-state index contributed by atoms with van der Waals surface area (Å²) in [5, 5.41) is 0. The quantitative estimate of drug-likeness (QED) is 0.281. The molecule has 0 saturated carbocycles. The van der Waals surface area contributed by atoms with E-state index in [0.717, 1.165) is 0 Å². The van der Waals surface area contributed by atoms with Crippen molar-refractivity contribution in [1.82, 2.24) is 0 Å². The first-order chi connectivity index (χ1) is 7.41. The molecule has 0 aliphatic heterocycles. The number of ketones is 1. The van der Waals surface area contributed by atoms with Crippen LogP contribution in [0.4, 0.5) is 0 Å². The van der Waals surface area contributed by atoms with E-state index in [1.807, 2.05) is 0 Å². The maximum Gasteiger partial charge on any atom is 0.313 e. The van der Waals surface area contributed by atoms with Crippen molar-refractivity contribution in [2.75, 3.05) is 13.2 Å². The number of carbonyl (C=O) groups is 3. The molecule has 0 heterocycles. The molecule has 16 heavy (non-hydrogen) atoms. The topological polar surface area (TPSA) is 69.7 Å². The van der Waals surface area contributed by atoms with Gasteiger partial charge in [0, 0.05) is 0 Å². The lowest BCUT2D eigenvalue weighted by Gasteiger charge is -2.05. The summed E-state index contributed by atoms with van der Waals surface area (Å²) in [5.74, 6) is -1.28. The smallest absolute Gasteiger partial charge is 0.313 e. The minimum absolute atomic E-state index is 0.00421. The molecule has 0 fully saturated rings. The molecule has 0 bridgehead atoms. The minimum atomic E-state index is -0.608. The van der Waals surface area contributed by atoms with Crippen molar-refractivity contribution in [3.8, 4) is 0 Å². The van der Waals surface area contributed by atoms with Crippen LogP contribution in [0.5, 0.6) is 0 Å². The Labute approximate surface area is 94.4 Å². The lowest BCUT2D eigenvalue weighted by atomic mass is 10.2. The van der Waals surface area contributed by atoms with Crippen LogP contribution in [-0.2, 0) is 23.9 Å². The molecule has 90 valence electrons. The van der Waals surface area contributed by atoms with Crippen LogP contribution in [0, 0.1) is 0 Å². The van der Waals surface area contributed by atoms with E-state index in [4.69, 9.17) is 4.74 Å². The second kappa shape index (κ2) is 7.62. The third-order valence-corrected chi connectivity index (χ3v) is 1.45. The fourth-order valence-electron chi connectivity index (χ4n) is 0.863. The van der Waals surface area contributed by atoms with Crippen molar-refractivity contribution in [3.63, 3.8) is 0 Å². The lowest BCUT2D eigenvalue weighted by molar-refractivity contribution is -0.152. The third kappa shape index (κ3) is 8.93. The molecule has 0 saturated heterocycles. The van der Waals surface area contributed by atoms with Gasteiger partial charge in [0.25, 0.3) is 0 Å². The van der Waals surface area contributed by atoms with Crippen LogP contribution in [0.3, 0.4) is 0 Å². The van der Waals surface area contributed by atoms with E-state index in [1.165, 1.54) is 6.92 Å². The van der Waals surface area contributed by atoms with Crippen LogP contribution >= 0.6 is 0 Å². The zero-order valence-electron chi connectivity index (χ0n) is 9.58. The number of hydrogen-bond acceptors (Lipinski definition) is 5. The summed E-state index contributed by atoms with van der Waals surface area (Å²) >= 11 is 0. The maximum absolute atomic E-state index is 11.0. The molecule has 5 nitrogen and oxygen atoms in total. The van der Waals surface area contributed by atoms with Gasteiger partial charge < -0.3 is 9.47 Å². The Kier molecular flexibility index (Phi) is 6.83. The Morgan fingerprint density at radius 1 is 0.938 bits per heavy atom. The molecule has 0 N–H and O–H groups in total. The van der Waals surface area contributed by atoms with Gasteiger partial charge in [-0.1, -0.05) is 12.2 Å². The van der Waals surface area contributed by atoms with E-state index >= 15 is 0 Å². The van der Waals surface area contributed by atoms with Gasteiger partial charge in [0.15, 0.2) is 0 Å². The Balaban J connectivity index is 3.53. The molecule has 0 aliphatic rings. The molecule has 0 aromatic carbocycles. The largest absolute Gasteiger partial charge is 0.462 e. The van der Waals surface area contributed by atoms with Crippen molar-refractivity contribution in [3.05, 3.63) is 12.2 Å². The second-order valence-corrected chi connectivity index (χ2v) is 3.45. The van der Waals surface area contributed by atoms with Gasteiger partial charge in [-0.2, -0.15) is 0 Å². The van der Waals surface area contributed by atoms with Crippen molar-refractivity contribution in [2.24, 2.45) is 0 Å². The Morgan fingerprint density at radius 2 is 1.38 bits per heavy atom. The summed E-state index contributed by atoms with van der Waals surface area (Å²) in [6, 6.07) is 0.